The van der Waals surface area contributed by atoms with Gasteiger partial charge in [-0.1, -0.05) is 30.3 Å². The summed E-state index contributed by atoms with van der Waals surface area (Å²) in [6.45, 7) is 4.92. The normalized spacial score (nSPS) is 15.8. The first-order valence-electron chi connectivity index (χ1n) is 8.38. The predicted octanol–water partition coefficient (Wildman–Crippen LogP) is 2.58. The highest BCUT2D eigenvalue weighted by molar-refractivity contribution is 7.89. The van der Waals surface area contributed by atoms with Gasteiger partial charge in [0.05, 0.1) is 16.5 Å². The second-order valence-corrected chi connectivity index (χ2v) is 8.88. The lowest BCUT2D eigenvalue weighted by Crippen LogP contribution is -2.50. The van der Waals surface area contributed by atoms with Crippen LogP contribution in [0.3, 0.4) is 0 Å². The standard InChI is InChI=1S/C17H21N3O4S2/c1-3-24-17(21)19-9-11-20(12-10-19)26(22,23)16-15(25-13(2)18-16)14-7-5-4-6-8-14/h4-8H,3,9-12H2,1-2H3. The second-order valence-electron chi connectivity index (χ2n) is 5.82. The van der Waals surface area contributed by atoms with Gasteiger partial charge in [0, 0.05) is 26.2 Å². The van der Waals surface area contributed by atoms with Gasteiger partial charge in [0.25, 0.3) is 10.0 Å². The molecule has 1 aliphatic heterocycles. The van der Waals surface area contributed by atoms with Crippen LogP contribution in [0.1, 0.15) is 11.9 Å². The van der Waals surface area contributed by atoms with Crippen LogP contribution in [0.4, 0.5) is 4.79 Å². The number of rotatable bonds is 4. The number of sulfonamides is 1. The van der Waals surface area contributed by atoms with Crippen molar-refractivity contribution in [1.29, 1.82) is 0 Å². The van der Waals surface area contributed by atoms with Crippen LogP contribution < -0.4 is 0 Å². The molecule has 0 saturated carbocycles. The topological polar surface area (TPSA) is 79.8 Å². The van der Waals surface area contributed by atoms with Crippen LogP contribution in [0, 0.1) is 6.92 Å². The van der Waals surface area contributed by atoms with Crippen molar-refractivity contribution in [2.24, 2.45) is 0 Å². The molecule has 7 nitrogen and oxygen atoms in total. The summed E-state index contributed by atoms with van der Waals surface area (Å²) >= 11 is 1.37. The van der Waals surface area contributed by atoms with E-state index in [1.807, 2.05) is 30.3 Å². The highest BCUT2D eigenvalue weighted by Crippen LogP contribution is 2.34. The first-order chi connectivity index (χ1) is 12.4. The Balaban J connectivity index is 1.83. The van der Waals surface area contributed by atoms with Gasteiger partial charge in [-0.2, -0.15) is 4.31 Å². The summed E-state index contributed by atoms with van der Waals surface area (Å²) in [6.07, 6.45) is -0.404. The third kappa shape index (κ3) is 3.74. The summed E-state index contributed by atoms with van der Waals surface area (Å²) in [6, 6.07) is 9.40. The van der Waals surface area contributed by atoms with Gasteiger partial charge in [0.2, 0.25) is 0 Å². The first-order valence-corrected chi connectivity index (χ1v) is 10.6. The SMILES string of the molecule is CCOC(=O)N1CCN(S(=O)(=O)c2nc(C)sc2-c2ccccc2)CC1. The number of hydrogen-bond donors (Lipinski definition) is 0. The van der Waals surface area contributed by atoms with Crippen LogP contribution >= 0.6 is 11.3 Å². The van der Waals surface area contributed by atoms with Gasteiger partial charge < -0.3 is 9.64 Å². The van der Waals surface area contributed by atoms with Crippen molar-refractivity contribution in [2.75, 3.05) is 32.8 Å². The minimum Gasteiger partial charge on any atom is -0.450 e. The van der Waals surface area contributed by atoms with E-state index in [-0.39, 0.29) is 18.1 Å². The number of amides is 1. The fraction of sp³-hybridized carbons (Fsp3) is 0.412. The molecule has 0 atom stereocenters. The molecule has 2 heterocycles. The van der Waals surface area contributed by atoms with E-state index in [9.17, 15) is 13.2 Å². The number of carbonyl (C=O) groups is 1. The molecule has 1 amide bonds. The van der Waals surface area contributed by atoms with E-state index in [0.29, 0.717) is 29.6 Å². The van der Waals surface area contributed by atoms with Crippen molar-refractivity contribution in [2.45, 2.75) is 18.9 Å². The Hall–Kier alpha value is -1.97. The molecular weight excluding hydrogens is 374 g/mol. The maximum Gasteiger partial charge on any atom is 0.409 e. The Bertz CT molecular complexity index is 873. The van der Waals surface area contributed by atoms with Crippen LogP contribution in [0.5, 0.6) is 0 Å². The monoisotopic (exact) mass is 395 g/mol. The first kappa shape index (κ1) is 18.8. The average molecular weight is 396 g/mol. The highest BCUT2D eigenvalue weighted by Gasteiger charge is 2.34. The van der Waals surface area contributed by atoms with Crippen LogP contribution in [0.25, 0.3) is 10.4 Å². The fourth-order valence-corrected chi connectivity index (χ4v) is 5.61. The number of carbonyl (C=O) groups excluding carboxylic acids is 1. The molecule has 0 aliphatic carbocycles. The summed E-state index contributed by atoms with van der Waals surface area (Å²) in [5.74, 6) is 0. The van der Waals surface area contributed by atoms with Crippen LogP contribution in [-0.2, 0) is 14.8 Å². The zero-order valence-electron chi connectivity index (χ0n) is 14.7. The maximum atomic E-state index is 13.1. The molecule has 0 unspecified atom stereocenters. The number of hydrogen-bond acceptors (Lipinski definition) is 6. The number of piperazine rings is 1. The predicted molar refractivity (Wildman–Crippen MR) is 99.6 cm³/mol. The molecule has 3 rings (SSSR count). The minimum atomic E-state index is -3.73. The summed E-state index contributed by atoms with van der Waals surface area (Å²) in [5, 5.41) is 0.795. The molecule has 1 aromatic carbocycles. The second kappa shape index (κ2) is 7.73. The van der Waals surface area contributed by atoms with Gasteiger partial charge in [-0.15, -0.1) is 11.3 Å². The third-order valence-electron chi connectivity index (χ3n) is 4.09. The Kier molecular flexibility index (Phi) is 5.59. The molecule has 0 spiro atoms. The lowest BCUT2D eigenvalue weighted by molar-refractivity contribution is 0.0934. The molecule has 9 heteroatoms. The molecule has 0 radical (unpaired) electrons. The molecule has 1 aromatic heterocycles. The zero-order chi connectivity index (χ0) is 18.7. The van der Waals surface area contributed by atoms with E-state index in [0.717, 1.165) is 5.56 Å². The minimum absolute atomic E-state index is 0.0933. The van der Waals surface area contributed by atoms with E-state index in [1.165, 1.54) is 20.5 Å². The van der Waals surface area contributed by atoms with E-state index < -0.39 is 16.1 Å². The number of aryl methyl sites for hydroxylation is 1. The summed E-state index contributed by atoms with van der Waals surface area (Å²) < 4.78 is 32.6. The molecule has 1 fully saturated rings. The van der Waals surface area contributed by atoms with Crippen molar-refractivity contribution in [3.05, 3.63) is 35.3 Å². The smallest absolute Gasteiger partial charge is 0.409 e. The maximum absolute atomic E-state index is 13.1. The number of thiazole rings is 1. The van der Waals surface area contributed by atoms with Gasteiger partial charge in [-0.25, -0.2) is 18.2 Å². The largest absolute Gasteiger partial charge is 0.450 e. The quantitative estimate of drug-likeness (QED) is 0.795. The molecular formula is C17H21N3O4S2. The van der Waals surface area contributed by atoms with Crippen molar-refractivity contribution in [3.8, 4) is 10.4 Å². The number of ether oxygens (including phenoxy) is 1. The summed E-state index contributed by atoms with van der Waals surface area (Å²) in [5.41, 5.74) is 0.835. The molecule has 0 N–H and O–H groups in total. The van der Waals surface area contributed by atoms with E-state index in [4.69, 9.17) is 4.74 Å². The fourth-order valence-electron chi connectivity index (χ4n) is 2.80. The molecule has 140 valence electrons. The Morgan fingerprint density at radius 2 is 1.85 bits per heavy atom. The van der Waals surface area contributed by atoms with Crippen molar-refractivity contribution >= 4 is 27.5 Å². The van der Waals surface area contributed by atoms with Crippen molar-refractivity contribution in [1.82, 2.24) is 14.2 Å². The summed E-state index contributed by atoms with van der Waals surface area (Å²) in [4.78, 5) is 18.3. The number of benzene rings is 1. The highest BCUT2D eigenvalue weighted by atomic mass is 32.2. The van der Waals surface area contributed by atoms with E-state index in [1.54, 1.807) is 13.8 Å². The molecule has 1 aliphatic rings. The molecule has 26 heavy (non-hydrogen) atoms. The Morgan fingerprint density at radius 1 is 1.19 bits per heavy atom. The summed E-state index contributed by atoms with van der Waals surface area (Å²) in [7, 11) is -3.73. The lowest BCUT2D eigenvalue weighted by atomic mass is 10.2. The average Bonchev–Trinajstić information content (AvgIpc) is 3.05. The number of nitrogens with zero attached hydrogens (tertiary/aromatic N) is 3. The Morgan fingerprint density at radius 3 is 2.46 bits per heavy atom. The van der Waals surface area contributed by atoms with Crippen molar-refractivity contribution in [3.63, 3.8) is 0 Å². The van der Waals surface area contributed by atoms with Gasteiger partial charge in [-0.05, 0) is 19.4 Å². The molecule has 2 aromatic rings. The van der Waals surface area contributed by atoms with Crippen LogP contribution in [-0.4, -0.2) is 61.5 Å². The Labute approximate surface area is 157 Å². The van der Waals surface area contributed by atoms with Gasteiger partial charge in [0.1, 0.15) is 0 Å². The molecule has 0 bridgehead atoms. The van der Waals surface area contributed by atoms with Gasteiger partial charge in [0.15, 0.2) is 5.03 Å². The number of aromatic nitrogens is 1. The lowest BCUT2D eigenvalue weighted by Gasteiger charge is -2.33. The third-order valence-corrected chi connectivity index (χ3v) is 7.07. The molecule has 1 saturated heterocycles. The van der Waals surface area contributed by atoms with E-state index in [2.05, 4.69) is 4.98 Å². The zero-order valence-corrected chi connectivity index (χ0v) is 16.3. The van der Waals surface area contributed by atoms with E-state index >= 15 is 0 Å². The van der Waals surface area contributed by atoms with Crippen LogP contribution in [0.15, 0.2) is 35.4 Å². The van der Waals surface area contributed by atoms with Gasteiger partial charge in [-0.3, -0.25) is 0 Å². The van der Waals surface area contributed by atoms with Crippen LogP contribution in [0.2, 0.25) is 0 Å². The van der Waals surface area contributed by atoms with Gasteiger partial charge >= 0.3 is 6.09 Å². The van der Waals surface area contributed by atoms with Crippen molar-refractivity contribution < 1.29 is 17.9 Å².